The number of carboxylic acid groups (broad SMARTS) is 1. The van der Waals surface area contributed by atoms with E-state index in [1.165, 1.54) is 13.2 Å². The molecule has 2 heterocycles. The molecule has 5 N–H and O–H groups in total. The standard InChI is InChI=1S/C33H45N3O10/c1-18-14-21-28(35-13-8-6-7-12-27(38)39)23(37)17-22(29(21)40)36-32(41)19(2)10-9-11-24(43-4)31(46-33(34)42)26-16-20(3)30(45-26)25(15-18)44-5/h9-11,16-18,20,24-25,30-31,35H,6-8,12-15H2,1-5H3,(H2,34,42)(H,36,41)(H,38,39)/b11-9-,19-10+/t18-,20+,24+,25+,30+,31-/m1/s1. The van der Waals surface area contributed by atoms with E-state index in [2.05, 4.69) is 10.6 Å². The van der Waals surface area contributed by atoms with Gasteiger partial charge in [0.15, 0.2) is 6.10 Å². The van der Waals surface area contributed by atoms with Crippen molar-refractivity contribution in [3.8, 4) is 0 Å². The molecule has 252 valence electrons. The summed E-state index contributed by atoms with van der Waals surface area (Å²) in [6.45, 7) is 5.79. The molecular weight excluding hydrogens is 598 g/mol. The van der Waals surface area contributed by atoms with E-state index in [1.54, 1.807) is 26.2 Å². The zero-order valence-corrected chi connectivity index (χ0v) is 27.0. The SMILES string of the molecule is CO[C@H]1/C=C\C=C(/C)C(=O)NC2=CC(=O)C(NCCCCCC(=O)O)=C(C[C@@H](C)C[C@H](OC)[C@H]3OC(=C[C@@H]3C)[C@@H]1OC(N)=O)C2=O. The Morgan fingerprint density at radius 2 is 1.87 bits per heavy atom. The molecule has 0 radical (unpaired) electrons. The first-order valence-corrected chi connectivity index (χ1v) is 15.4. The van der Waals surface area contributed by atoms with Crippen LogP contribution in [0.4, 0.5) is 4.79 Å². The maximum absolute atomic E-state index is 13.8. The van der Waals surface area contributed by atoms with Crippen LogP contribution in [0.5, 0.6) is 0 Å². The Bertz CT molecular complexity index is 1340. The highest BCUT2D eigenvalue weighted by Crippen LogP contribution is 2.35. The molecule has 0 fully saturated rings. The molecule has 0 spiro atoms. The van der Waals surface area contributed by atoms with Crippen molar-refractivity contribution in [3.05, 3.63) is 58.7 Å². The van der Waals surface area contributed by atoms with Gasteiger partial charge in [0.05, 0.1) is 17.5 Å². The van der Waals surface area contributed by atoms with Crippen LogP contribution in [0.2, 0.25) is 0 Å². The van der Waals surface area contributed by atoms with Crippen LogP contribution in [0.3, 0.4) is 0 Å². The maximum Gasteiger partial charge on any atom is 0.405 e. The van der Waals surface area contributed by atoms with Crippen molar-refractivity contribution >= 4 is 29.5 Å². The average molecular weight is 644 g/mol. The van der Waals surface area contributed by atoms with Crippen molar-refractivity contribution < 1.29 is 48.0 Å². The Morgan fingerprint density at radius 1 is 1.13 bits per heavy atom. The van der Waals surface area contributed by atoms with Crippen molar-refractivity contribution in [3.63, 3.8) is 0 Å². The Morgan fingerprint density at radius 3 is 2.52 bits per heavy atom. The van der Waals surface area contributed by atoms with Crippen LogP contribution in [-0.4, -0.2) is 79.8 Å². The molecule has 4 bridgehead atoms. The Hall–Kier alpha value is -4.23. The highest BCUT2D eigenvalue weighted by molar-refractivity contribution is 6.23. The third-order valence-electron chi connectivity index (χ3n) is 8.13. The lowest BCUT2D eigenvalue weighted by atomic mass is 9.85. The second-order valence-electron chi connectivity index (χ2n) is 11.8. The minimum absolute atomic E-state index is 0.0606. The maximum atomic E-state index is 13.8. The summed E-state index contributed by atoms with van der Waals surface area (Å²) in [5, 5.41) is 14.6. The van der Waals surface area contributed by atoms with Crippen LogP contribution >= 0.6 is 0 Å². The molecule has 0 saturated carbocycles. The number of carboxylic acids is 1. The first kappa shape index (κ1) is 36.2. The van der Waals surface area contributed by atoms with E-state index < -0.39 is 54.0 Å². The van der Waals surface area contributed by atoms with E-state index in [4.69, 9.17) is 29.8 Å². The van der Waals surface area contributed by atoms with Crippen LogP contribution < -0.4 is 16.4 Å². The summed E-state index contributed by atoms with van der Waals surface area (Å²) >= 11 is 0. The van der Waals surface area contributed by atoms with E-state index in [0.717, 1.165) is 6.08 Å². The molecule has 46 heavy (non-hydrogen) atoms. The molecule has 0 aromatic rings. The zero-order chi connectivity index (χ0) is 34.0. The van der Waals surface area contributed by atoms with Gasteiger partial charge in [0.2, 0.25) is 11.6 Å². The summed E-state index contributed by atoms with van der Waals surface area (Å²) < 4.78 is 23.2. The molecule has 2 aliphatic heterocycles. The molecule has 1 aliphatic carbocycles. The summed E-state index contributed by atoms with van der Waals surface area (Å²) in [5.74, 6) is -2.33. The van der Waals surface area contributed by atoms with Crippen LogP contribution in [0.15, 0.2) is 58.7 Å². The van der Waals surface area contributed by atoms with Crippen LogP contribution in [0, 0.1) is 11.8 Å². The number of carbonyl (C=O) groups excluding carboxylic acids is 4. The fourth-order valence-corrected chi connectivity index (χ4v) is 5.71. The number of methoxy groups -OCH3 is 2. The van der Waals surface area contributed by atoms with E-state index in [9.17, 15) is 24.0 Å². The Balaban J connectivity index is 1.97. The third kappa shape index (κ3) is 9.63. The minimum atomic E-state index is -1.01. The van der Waals surface area contributed by atoms with Gasteiger partial charge < -0.3 is 40.4 Å². The number of unbranched alkanes of at least 4 members (excludes halogenated alkanes) is 2. The van der Waals surface area contributed by atoms with Crippen molar-refractivity contribution in [2.24, 2.45) is 17.6 Å². The van der Waals surface area contributed by atoms with Crippen LogP contribution in [0.25, 0.3) is 0 Å². The third-order valence-corrected chi connectivity index (χ3v) is 8.13. The first-order valence-electron chi connectivity index (χ1n) is 15.4. The van der Waals surface area contributed by atoms with Gasteiger partial charge in [0.25, 0.3) is 5.91 Å². The van der Waals surface area contributed by atoms with Crippen LogP contribution in [-0.2, 0) is 38.1 Å². The largest absolute Gasteiger partial charge is 0.488 e. The monoisotopic (exact) mass is 643 g/mol. The lowest BCUT2D eigenvalue weighted by molar-refractivity contribution is -0.137. The fourth-order valence-electron chi connectivity index (χ4n) is 5.71. The Kier molecular flexibility index (Phi) is 13.3. The van der Waals surface area contributed by atoms with Crippen LogP contribution in [0.1, 0.15) is 59.3 Å². The number of aliphatic carboxylic acids is 1. The highest BCUT2D eigenvalue weighted by Gasteiger charge is 2.40. The summed E-state index contributed by atoms with van der Waals surface area (Å²) in [6, 6.07) is 0. The minimum Gasteiger partial charge on any atom is -0.488 e. The quantitative estimate of drug-likeness (QED) is 0.202. The number of ether oxygens (including phenoxy) is 4. The molecule has 6 atom stereocenters. The number of Topliss-reactive ketones (excluding diaryl/α,β-unsaturated/α-hetero) is 1. The number of ketones is 2. The smallest absolute Gasteiger partial charge is 0.405 e. The number of nitrogens with one attached hydrogen (secondary N) is 2. The lowest BCUT2D eigenvalue weighted by Crippen LogP contribution is -2.39. The summed E-state index contributed by atoms with van der Waals surface area (Å²) in [4.78, 5) is 62.8. The van der Waals surface area contributed by atoms with E-state index in [-0.39, 0.29) is 47.2 Å². The fraction of sp³-hybridized carbons (Fsp3) is 0.545. The second-order valence-corrected chi connectivity index (χ2v) is 11.8. The van der Waals surface area contributed by atoms with Gasteiger partial charge >= 0.3 is 12.1 Å². The molecule has 3 rings (SSSR count). The van der Waals surface area contributed by atoms with Gasteiger partial charge in [-0.1, -0.05) is 38.5 Å². The predicted molar refractivity (Wildman–Crippen MR) is 167 cm³/mol. The number of rotatable bonds is 10. The lowest BCUT2D eigenvalue weighted by Gasteiger charge is -2.30. The summed E-state index contributed by atoms with van der Waals surface area (Å²) in [7, 11) is 3.00. The van der Waals surface area contributed by atoms with Gasteiger partial charge in [0, 0.05) is 50.3 Å². The number of primary amides is 1. The van der Waals surface area contributed by atoms with Gasteiger partial charge in [-0.2, -0.15) is 0 Å². The molecule has 13 nitrogen and oxygen atoms in total. The molecule has 0 unspecified atom stereocenters. The normalized spacial score (nSPS) is 29.2. The topological polar surface area (TPSA) is 193 Å². The number of fused-ring (bicyclic) bond motifs is 4. The molecule has 0 aromatic heterocycles. The number of hydrogen-bond donors (Lipinski definition) is 4. The van der Waals surface area contributed by atoms with Gasteiger partial charge in [-0.25, -0.2) is 4.79 Å². The first-order chi connectivity index (χ1) is 21.9. The van der Waals surface area contributed by atoms with Crippen molar-refractivity contribution in [1.29, 1.82) is 0 Å². The van der Waals surface area contributed by atoms with E-state index >= 15 is 0 Å². The van der Waals surface area contributed by atoms with Gasteiger partial charge in [0.1, 0.15) is 18.0 Å². The summed E-state index contributed by atoms with van der Waals surface area (Å²) in [5.41, 5.74) is 5.90. The number of allylic oxidation sites excluding steroid dienone is 4. The van der Waals surface area contributed by atoms with Gasteiger partial charge in [-0.3, -0.25) is 19.2 Å². The molecular formula is C33H45N3O10. The number of amides is 2. The molecule has 0 aromatic carbocycles. The van der Waals surface area contributed by atoms with Crippen molar-refractivity contribution in [1.82, 2.24) is 10.6 Å². The zero-order valence-electron chi connectivity index (χ0n) is 27.0. The average Bonchev–Trinajstić information content (AvgIpc) is 3.38. The predicted octanol–water partition coefficient (Wildman–Crippen LogP) is 2.97. The number of nitrogens with two attached hydrogens (primary N) is 1. The van der Waals surface area contributed by atoms with E-state index in [1.807, 2.05) is 19.9 Å². The number of carbonyl (C=O) groups is 5. The molecule has 13 heteroatoms. The molecule has 0 saturated heterocycles. The van der Waals surface area contributed by atoms with Gasteiger partial charge in [-0.15, -0.1) is 0 Å². The molecule has 3 aliphatic rings. The second kappa shape index (κ2) is 16.9. The molecule has 2 amide bonds. The summed E-state index contributed by atoms with van der Waals surface area (Å²) in [6.07, 6.45) is 6.31. The van der Waals surface area contributed by atoms with E-state index in [0.29, 0.717) is 38.0 Å². The number of hydrogen-bond acceptors (Lipinski definition) is 10. The Labute approximate surface area is 268 Å². The van der Waals surface area contributed by atoms with Crippen molar-refractivity contribution in [2.45, 2.75) is 83.7 Å². The van der Waals surface area contributed by atoms with Crippen molar-refractivity contribution in [2.75, 3.05) is 20.8 Å². The van der Waals surface area contributed by atoms with Gasteiger partial charge in [-0.05, 0) is 44.6 Å². The highest BCUT2D eigenvalue weighted by atomic mass is 16.6.